The van der Waals surface area contributed by atoms with E-state index in [0.29, 0.717) is 5.57 Å². The summed E-state index contributed by atoms with van der Waals surface area (Å²) in [4.78, 5) is 13.2. The van der Waals surface area contributed by atoms with Crippen molar-refractivity contribution in [2.75, 3.05) is 5.32 Å². The van der Waals surface area contributed by atoms with Crippen molar-refractivity contribution in [3.05, 3.63) is 107 Å². The van der Waals surface area contributed by atoms with Crippen molar-refractivity contribution >= 4 is 22.6 Å². The lowest BCUT2D eigenvalue weighted by Gasteiger charge is -2.27. The van der Waals surface area contributed by atoms with E-state index >= 15 is 0 Å². The molecule has 2 N–H and O–H groups in total. The molecule has 0 bridgehead atoms. The van der Waals surface area contributed by atoms with Crippen LogP contribution in [0.4, 0.5) is 5.82 Å². The van der Waals surface area contributed by atoms with E-state index in [1.54, 1.807) is 6.20 Å². The van der Waals surface area contributed by atoms with Crippen molar-refractivity contribution in [3.63, 3.8) is 0 Å². The summed E-state index contributed by atoms with van der Waals surface area (Å²) in [7, 11) is 0. The van der Waals surface area contributed by atoms with Gasteiger partial charge in [-0.2, -0.15) is 5.10 Å². The van der Waals surface area contributed by atoms with Gasteiger partial charge < -0.3 is 10.1 Å². The fourth-order valence-electron chi connectivity index (χ4n) is 4.05. The van der Waals surface area contributed by atoms with Crippen LogP contribution < -0.4 is 5.32 Å². The number of benzene rings is 3. The summed E-state index contributed by atoms with van der Waals surface area (Å²) in [5.41, 5.74) is 4.30. The zero-order chi connectivity index (χ0) is 20.5. The summed E-state index contributed by atoms with van der Waals surface area (Å²) in [6, 6.07) is 24.2. The van der Waals surface area contributed by atoms with Gasteiger partial charge >= 0.3 is 5.97 Å². The van der Waals surface area contributed by atoms with E-state index in [9.17, 15) is 4.79 Å². The second-order valence-corrected chi connectivity index (χ2v) is 7.47. The van der Waals surface area contributed by atoms with Crippen LogP contribution >= 0.6 is 0 Å². The molecule has 0 saturated carbocycles. The lowest BCUT2D eigenvalue weighted by molar-refractivity contribution is -0.140. The molecule has 1 aromatic heterocycles. The van der Waals surface area contributed by atoms with E-state index in [4.69, 9.17) is 4.74 Å². The van der Waals surface area contributed by atoms with Gasteiger partial charge in [0.15, 0.2) is 0 Å². The minimum absolute atomic E-state index is 0.235. The molecule has 1 aliphatic rings. The monoisotopic (exact) mass is 395 g/mol. The molecule has 0 amide bonds. The van der Waals surface area contributed by atoms with Crippen molar-refractivity contribution in [2.45, 2.75) is 19.4 Å². The Morgan fingerprint density at radius 3 is 2.60 bits per heavy atom. The summed E-state index contributed by atoms with van der Waals surface area (Å²) in [6.07, 6.45) is 1.78. The van der Waals surface area contributed by atoms with Crippen molar-refractivity contribution in [1.29, 1.82) is 0 Å². The van der Waals surface area contributed by atoms with Crippen molar-refractivity contribution in [3.8, 4) is 0 Å². The highest BCUT2D eigenvalue weighted by molar-refractivity contribution is 5.95. The van der Waals surface area contributed by atoms with E-state index < -0.39 is 0 Å². The molecule has 0 spiro atoms. The van der Waals surface area contributed by atoms with Gasteiger partial charge in [-0.1, -0.05) is 72.8 Å². The van der Waals surface area contributed by atoms with Crippen molar-refractivity contribution in [2.24, 2.45) is 0 Å². The van der Waals surface area contributed by atoms with Gasteiger partial charge in [0.25, 0.3) is 0 Å². The molecule has 5 heteroatoms. The normalized spacial score (nSPS) is 15.6. The third kappa shape index (κ3) is 3.24. The second-order valence-electron chi connectivity index (χ2n) is 7.47. The predicted molar refractivity (Wildman–Crippen MR) is 117 cm³/mol. The van der Waals surface area contributed by atoms with E-state index in [1.165, 1.54) is 0 Å². The number of carbonyl (C=O) groups is 1. The van der Waals surface area contributed by atoms with E-state index in [0.717, 1.165) is 39.0 Å². The van der Waals surface area contributed by atoms with E-state index in [-0.39, 0.29) is 18.5 Å². The SMILES string of the molecule is CC1=C(C(=O)OCc2ccccc2)C(c2ccc3ccccc3c2)c2cn[nH]c2N1. The first-order valence-corrected chi connectivity index (χ1v) is 9.91. The number of ether oxygens (including phenoxy) is 1. The number of rotatable bonds is 4. The van der Waals surface area contributed by atoms with Gasteiger partial charge in [0.05, 0.1) is 11.8 Å². The molecule has 30 heavy (non-hydrogen) atoms. The molecule has 5 nitrogen and oxygen atoms in total. The third-order valence-corrected chi connectivity index (χ3v) is 5.52. The Hall–Kier alpha value is -3.86. The maximum atomic E-state index is 13.2. The van der Waals surface area contributed by atoms with Crippen molar-refractivity contribution in [1.82, 2.24) is 10.2 Å². The highest BCUT2D eigenvalue weighted by Crippen LogP contribution is 2.42. The number of allylic oxidation sites excluding steroid dienone is 1. The van der Waals surface area contributed by atoms with E-state index in [1.807, 2.05) is 49.4 Å². The molecule has 0 aliphatic carbocycles. The van der Waals surface area contributed by atoms with Gasteiger partial charge in [-0.15, -0.1) is 0 Å². The first-order chi connectivity index (χ1) is 14.7. The molecule has 1 atom stereocenters. The zero-order valence-corrected chi connectivity index (χ0v) is 16.6. The van der Waals surface area contributed by atoms with Gasteiger partial charge in [0, 0.05) is 17.2 Å². The summed E-state index contributed by atoms with van der Waals surface area (Å²) in [5, 5.41) is 12.8. The molecular formula is C25H21N3O2. The number of hydrogen-bond donors (Lipinski definition) is 2. The molecular weight excluding hydrogens is 374 g/mol. The largest absolute Gasteiger partial charge is 0.457 e. The molecule has 0 saturated heterocycles. The highest BCUT2D eigenvalue weighted by Gasteiger charge is 2.34. The molecule has 2 heterocycles. The first kappa shape index (κ1) is 18.2. The Kier molecular flexibility index (Phi) is 4.56. The average molecular weight is 395 g/mol. The molecule has 0 fully saturated rings. The number of H-pyrrole nitrogens is 1. The number of aromatic amines is 1. The minimum Gasteiger partial charge on any atom is -0.457 e. The number of fused-ring (bicyclic) bond motifs is 2. The summed E-state index contributed by atoms with van der Waals surface area (Å²) in [6.45, 7) is 2.13. The van der Waals surface area contributed by atoms with Gasteiger partial charge in [-0.05, 0) is 28.8 Å². The van der Waals surface area contributed by atoms with Crippen LogP contribution in [-0.4, -0.2) is 16.2 Å². The Morgan fingerprint density at radius 1 is 1.00 bits per heavy atom. The first-order valence-electron chi connectivity index (χ1n) is 9.91. The average Bonchev–Trinajstić information content (AvgIpc) is 3.25. The number of nitrogens with one attached hydrogen (secondary N) is 2. The standard InChI is InChI=1S/C25H21N3O2/c1-16-22(25(29)30-15-17-7-3-2-4-8-17)23(21-14-26-28-24(21)27-16)20-12-11-18-9-5-6-10-19(18)13-20/h2-14,23H,15H2,1H3,(H2,26,27,28). The molecule has 0 radical (unpaired) electrons. The van der Waals surface area contributed by atoms with Crippen LogP contribution in [0.3, 0.4) is 0 Å². The fraction of sp³-hybridized carbons (Fsp3) is 0.120. The number of esters is 1. The molecule has 4 aromatic rings. The number of hydrogen-bond acceptors (Lipinski definition) is 4. The van der Waals surface area contributed by atoms with Crippen LogP contribution in [0.1, 0.15) is 29.5 Å². The second kappa shape index (κ2) is 7.52. The number of aromatic nitrogens is 2. The Morgan fingerprint density at radius 2 is 1.77 bits per heavy atom. The number of carbonyl (C=O) groups excluding carboxylic acids is 1. The molecule has 148 valence electrons. The quantitative estimate of drug-likeness (QED) is 0.470. The Labute approximate surface area is 174 Å². The topological polar surface area (TPSA) is 67.0 Å². The summed E-state index contributed by atoms with van der Waals surface area (Å²) < 4.78 is 5.70. The molecule has 1 aliphatic heterocycles. The van der Waals surface area contributed by atoms with Gasteiger partial charge in [-0.25, -0.2) is 4.79 Å². The fourth-order valence-corrected chi connectivity index (χ4v) is 4.05. The maximum Gasteiger partial charge on any atom is 0.337 e. The van der Waals surface area contributed by atoms with Crippen LogP contribution in [0.25, 0.3) is 10.8 Å². The third-order valence-electron chi connectivity index (χ3n) is 5.52. The van der Waals surface area contributed by atoms with Crippen LogP contribution in [0.5, 0.6) is 0 Å². The van der Waals surface area contributed by atoms with Gasteiger partial charge in [0.2, 0.25) is 0 Å². The smallest absolute Gasteiger partial charge is 0.337 e. The van der Waals surface area contributed by atoms with E-state index in [2.05, 4.69) is 45.8 Å². The minimum atomic E-state index is -0.325. The number of nitrogens with zero attached hydrogens (tertiary/aromatic N) is 1. The lowest BCUT2D eigenvalue weighted by Crippen LogP contribution is -2.24. The maximum absolute atomic E-state index is 13.2. The van der Waals surface area contributed by atoms with Crippen LogP contribution in [0, 0.1) is 0 Å². The highest BCUT2D eigenvalue weighted by atomic mass is 16.5. The van der Waals surface area contributed by atoms with Crippen LogP contribution in [0.2, 0.25) is 0 Å². The molecule has 5 rings (SSSR count). The Balaban J connectivity index is 1.54. The molecule has 1 unspecified atom stereocenters. The lowest BCUT2D eigenvalue weighted by atomic mass is 9.82. The van der Waals surface area contributed by atoms with Gasteiger partial charge in [0.1, 0.15) is 12.4 Å². The van der Waals surface area contributed by atoms with Gasteiger partial charge in [-0.3, -0.25) is 5.10 Å². The van der Waals surface area contributed by atoms with Crippen LogP contribution in [0.15, 0.2) is 90.3 Å². The van der Waals surface area contributed by atoms with Crippen molar-refractivity contribution < 1.29 is 9.53 Å². The summed E-state index contributed by atoms with van der Waals surface area (Å²) >= 11 is 0. The summed E-state index contributed by atoms with van der Waals surface area (Å²) in [5.74, 6) is 0.229. The molecule has 3 aromatic carbocycles. The zero-order valence-electron chi connectivity index (χ0n) is 16.6. The number of anilines is 1. The van der Waals surface area contributed by atoms with Crippen LogP contribution in [-0.2, 0) is 16.1 Å². The Bertz CT molecular complexity index is 1260. The predicted octanol–water partition coefficient (Wildman–Crippen LogP) is 5.14.